The van der Waals surface area contributed by atoms with Crippen LogP contribution in [0.1, 0.15) is 86.8 Å². The summed E-state index contributed by atoms with van der Waals surface area (Å²) in [5.41, 5.74) is 5.74. The summed E-state index contributed by atoms with van der Waals surface area (Å²) < 4.78 is 0. The third kappa shape index (κ3) is 8.82. The lowest BCUT2D eigenvalue weighted by Gasteiger charge is -2.26. The molecule has 1 aliphatic heterocycles. The van der Waals surface area contributed by atoms with Crippen molar-refractivity contribution in [2.75, 3.05) is 32.1 Å². The molecule has 2 aromatic carbocycles. The van der Waals surface area contributed by atoms with E-state index in [2.05, 4.69) is 40.5 Å². The molecular weight excluding hydrogens is 609 g/mol. The Balaban J connectivity index is 1.34. The number of aromatic nitrogens is 2. The average Bonchev–Trinajstić information content (AvgIpc) is 3.73. The lowest BCUT2D eigenvalue weighted by molar-refractivity contribution is 0.0735. The number of likely N-dealkylation sites (tertiary alicyclic amines) is 1. The molecule has 0 bridgehead atoms. The number of pyridine rings is 1. The molecule has 0 spiro atoms. The fourth-order valence-electron chi connectivity index (χ4n) is 5.91. The van der Waals surface area contributed by atoms with Crippen LogP contribution in [0, 0.1) is 6.92 Å². The number of aliphatic hydroxyl groups excluding tert-OH is 1. The van der Waals surface area contributed by atoms with Gasteiger partial charge in [-0.05, 0) is 67.0 Å². The van der Waals surface area contributed by atoms with Gasteiger partial charge in [-0.25, -0.2) is 4.98 Å². The smallest absolute Gasteiger partial charge is 0.254 e. The van der Waals surface area contributed by atoms with Crippen molar-refractivity contribution in [2.24, 2.45) is 0 Å². The first-order valence-electron chi connectivity index (χ1n) is 16.3. The third-order valence-corrected chi connectivity index (χ3v) is 9.69. The van der Waals surface area contributed by atoms with Crippen LogP contribution >= 0.6 is 11.3 Å². The number of rotatable bonds is 13. The minimum atomic E-state index is -0.870. The van der Waals surface area contributed by atoms with Crippen molar-refractivity contribution in [3.8, 4) is 0 Å². The Bertz CT molecular complexity index is 1660. The number of aryl methyl sites for hydroxylation is 1. The first kappa shape index (κ1) is 34.2. The van der Waals surface area contributed by atoms with Crippen LogP contribution in [0.2, 0.25) is 0 Å². The summed E-state index contributed by atoms with van der Waals surface area (Å²) in [7, 11) is 3.78. The molecule has 1 saturated heterocycles. The Hall–Kier alpha value is -4.12. The number of hydrogen-bond acceptors (Lipinski definition) is 8. The predicted octanol–water partition coefficient (Wildman–Crippen LogP) is 5.51. The molecule has 1 aliphatic rings. The summed E-state index contributed by atoms with van der Waals surface area (Å²) in [5.74, 6) is -0.0800. The van der Waals surface area contributed by atoms with Crippen LogP contribution in [0.25, 0.3) is 0 Å². The highest BCUT2D eigenvalue weighted by atomic mass is 32.1. The number of nitrogens with zero attached hydrogens (tertiary/aromatic N) is 4. The molecular formula is C37H46N6O3S. The second kappa shape index (κ2) is 15.6. The van der Waals surface area contributed by atoms with Crippen LogP contribution in [0.15, 0.2) is 72.4 Å². The van der Waals surface area contributed by atoms with E-state index in [1.165, 1.54) is 0 Å². The van der Waals surface area contributed by atoms with Crippen molar-refractivity contribution in [1.82, 2.24) is 25.5 Å². The monoisotopic (exact) mass is 654 g/mol. The van der Waals surface area contributed by atoms with Crippen molar-refractivity contribution in [1.29, 1.82) is 0 Å². The van der Waals surface area contributed by atoms with Crippen molar-refractivity contribution in [2.45, 2.75) is 70.7 Å². The molecule has 1 unspecified atom stereocenters. The van der Waals surface area contributed by atoms with E-state index in [-0.39, 0.29) is 24.4 Å². The minimum absolute atomic E-state index is 0.0667. The highest BCUT2D eigenvalue weighted by Gasteiger charge is 2.33. The molecule has 2 aromatic heterocycles. The minimum Gasteiger partial charge on any atom is -0.390 e. The molecule has 5 rings (SSSR count). The summed E-state index contributed by atoms with van der Waals surface area (Å²) in [5, 5.41) is 20.8. The van der Waals surface area contributed by atoms with Crippen molar-refractivity contribution >= 4 is 28.8 Å². The van der Waals surface area contributed by atoms with Crippen LogP contribution in [0.5, 0.6) is 0 Å². The number of anilines is 1. The van der Waals surface area contributed by atoms with Gasteiger partial charge in [-0.2, -0.15) is 0 Å². The van der Waals surface area contributed by atoms with E-state index in [1.807, 2.05) is 85.0 Å². The molecule has 9 nitrogen and oxygen atoms in total. The van der Waals surface area contributed by atoms with E-state index in [0.717, 1.165) is 45.9 Å². The standard InChI is InChI=1S/C37H46N6O3S/c1-24(2)30-14-27(19-38-21-30)20-39-22-34(44)32(15-26-10-7-6-8-11-26)41-35(45)28-16-29(18-31(17-28)42(4)5)37(46)43-13-9-12-33(43)36-40-25(3)23-47-36/h6-8,10-11,14,16-19,21,23-24,32-34,39,44H,9,12-13,15,20,22H2,1-5H3,(H,41,45)/t32-,33?,34+/m0/s1. The van der Waals surface area contributed by atoms with Crippen molar-refractivity contribution < 1.29 is 14.7 Å². The van der Waals surface area contributed by atoms with Crippen LogP contribution in [-0.4, -0.2) is 71.1 Å². The van der Waals surface area contributed by atoms with E-state index in [9.17, 15) is 14.7 Å². The molecule has 47 heavy (non-hydrogen) atoms. The zero-order valence-corrected chi connectivity index (χ0v) is 28.8. The molecule has 10 heteroatoms. The average molecular weight is 655 g/mol. The van der Waals surface area contributed by atoms with Gasteiger partial charge in [-0.15, -0.1) is 11.3 Å². The summed E-state index contributed by atoms with van der Waals surface area (Å²) in [6.45, 7) is 7.70. The van der Waals surface area contributed by atoms with Gasteiger partial charge in [-0.1, -0.05) is 50.2 Å². The van der Waals surface area contributed by atoms with E-state index < -0.39 is 12.1 Å². The summed E-state index contributed by atoms with van der Waals surface area (Å²) in [6.07, 6.45) is 5.05. The Labute approximate surface area is 282 Å². The number of thiazole rings is 1. The van der Waals surface area contributed by atoms with Gasteiger partial charge < -0.3 is 25.5 Å². The van der Waals surface area contributed by atoms with Gasteiger partial charge in [0.15, 0.2) is 0 Å². The van der Waals surface area contributed by atoms with Crippen molar-refractivity contribution in [3.63, 3.8) is 0 Å². The van der Waals surface area contributed by atoms with E-state index >= 15 is 0 Å². The van der Waals surface area contributed by atoms with E-state index in [4.69, 9.17) is 0 Å². The molecule has 4 aromatic rings. The second-order valence-electron chi connectivity index (χ2n) is 12.9. The fraction of sp³-hybridized carbons (Fsp3) is 0.405. The third-order valence-electron chi connectivity index (χ3n) is 8.62. The quantitative estimate of drug-likeness (QED) is 0.175. The van der Waals surface area contributed by atoms with E-state index in [0.29, 0.717) is 36.6 Å². The van der Waals surface area contributed by atoms with Crippen LogP contribution in [0.4, 0.5) is 5.69 Å². The molecule has 0 saturated carbocycles. The normalized spacial score (nSPS) is 15.9. The Morgan fingerprint density at radius 2 is 1.83 bits per heavy atom. The van der Waals surface area contributed by atoms with Gasteiger partial charge in [0.2, 0.25) is 0 Å². The second-order valence-corrected chi connectivity index (χ2v) is 13.8. The molecule has 3 heterocycles. The first-order valence-corrected chi connectivity index (χ1v) is 17.2. The highest BCUT2D eigenvalue weighted by molar-refractivity contribution is 7.09. The zero-order chi connectivity index (χ0) is 33.5. The number of amides is 2. The maximum Gasteiger partial charge on any atom is 0.254 e. The molecule has 248 valence electrons. The van der Waals surface area contributed by atoms with Crippen LogP contribution in [-0.2, 0) is 13.0 Å². The topological polar surface area (TPSA) is 111 Å². The number of hydrogen-bond donors (Lipinski definition) is 3. The number of aliphatic hydroxyl groups is 1. The van der Waals surface area contributed by atoms with Gasteiger partial charge in [0.1, 0.15) is 5.01 Å². The zero-order valence-electron chi connectivity index (χ0n) is 27.9. The molecule has 0 radical (unpaired) electrons. The SMILES string of the molecule is Cc1csc(C2CCCN2C(=O)c2cc(C(=O)N[C@@H](Cc3ccccc3)[C@H](O)CNCc3cncc(C(C)C)c3)cc(N(C)C)c2)n1. The summed E-state index contributed by atoms with van der Waals surface area (Å²) in [6, 6.07) is 16.6. The number of carbonyl (C=O) groups excluding carboxylic acids is 2. The largest absolute Gasteiger partial charge is 0.390 e. The lowest BCUT2D eigenvalue weighted by Crippen LogP contribution is -2.48. The lowest BCUT2D eigenvalue weighted by atomic mass is 9.99. The number of nitrogens with one attached hydrogen (secondary N) is 2. The Morgan fingerprint density at radius 3 is 2.53 bits per heavy atom. The highest BCUT2D eigenvalue weighted by Crippen LogP contribution is 2.35. The molecule has 3 atom stereocenters. The van der Waals surface area contributed by atoms with Gasteiger partial charge in [0, 0.05) is 74.0 Å². The van der Waals surface area contributed by atoms with Gasteiger partial charge in [-0.3, -0.25) is 14.6 Å². The molecule has 1 fully saturated rings. The van der Waals surface area contributed by atoms with E-state index in [1.54, 1.807) is 23.5 Å². The van der Waals surface area contributed by atoms with Gasteiger partial charge in [0.25, 0.3) is 11.8 Å². The summed E-state index contributed by atoms with van der Waals surface area (Å²) in [4.78, 5) is 40.7. The fourth-order valence-corrected chi connectivity index (χ4v) is 6.85. The molecule has 3 N–H and O–H groups in total. The first-order chi connectivity index (χ1) is 22.6. The molecule has 2 amide bonds. The van der Waals surface area contributed by atoms with Crippen molar-refractivity contribution in [3.05, 3.63) is 111 Å². The van der Waals surface area contributed by atoms with Crippen LogP contribution < -0.4 is 15.5 Å². The predicted molar refractivity (Wildman–Crippen MR) is 188 cm³/mol. The van der Waals surface area contributed by atoms with Gasteiger partial charge >= 0.3 is 0 Å². The van der Waals surface area contributed by atoms with Crippen LogP contribution in [0.3, 0.4) is 0 Å². The summed E-state index contributed by atoms with van der Waals surface area (Å²) >= 11 is 1.59. The van der Waals surface area contributed by atoms with Gasteiger partial charge in [0.05, 0.1) is 18.2 Å². The maximum atomic E-state index is 14.0. The maximum absolute atomic E-state index is 14.0. The number of carbonyl (C=O) groups is 2. The number of benzene rings is 2. The Kier molecular flexibility index (Phi) is 11.4. The molecule has 0 aliphatic carbocycles. The Morgan fingerprint density at radius 1 is 1.06 bits per heavy atom.